The van der Waals surface area contributed by atoms with E-state index in [-0.39, 0.29) is 17.7 Å². The number of nitrogens with one attached hydrogen (secondary N) is 1. The minimum atomic E-state index is -0.186. The molecule has 5 nitrogen and oxygen atoms in total. The lowest BCUT2D eigenvalue weighted by atomic mass is 9.88. The predicted molar refractivity (Wildman–Crippen MR) is 112 cm³/mol. The van der Waals surface area contributed by atoms with Gasteiger partial charge in [-0.2, -0.15) is 0 Å². The Morgan fingerprint density at radius 2 is 2.18 bits per heavy atom. The zero-order valence-corrected chi connectivity index (χ0v) is 17.3. The Bertz CT molecular complexity index is 892. The molecule has 1 fully saturated rings. The van der Waals surface area contributed by atoms with Crippen molar-refractivity contribution >= 4 is 29.0 Å². The maximum absolute atomic E-state index is 13.2. The van der Waals surface area contributed by atoms with Gasteiger partial charge in [-0.25, -0.2) is 4.98 Å². The highest BCUT2D eigenvalue weighted by molar-refractivity contribution is 7.10. The highest BCUT2D eigenvalue weighted by atomic mass is 32.1. The van der Waals surface area contributed by atoms with Gasteiger partial charge in [0.2, 0.25) is 5.91 Å². The van der Waals surface area contributed by atoms with Crippen molar-refractivity contribution < 1.29 is 9.59 Å². The Morgan fingerprint density at radius 1 is 1.32 bits per heavy atom. The van der Waals surface area contributed by atoms with Crippen molar-refractivity contribution in [3.8, 4) is 0 Å². The Morgan fingerprint density at radius 3 is 3.00 bits per heavy atom. The summed E-state index contributed by atoms with van der Waals surface area (Å²) in [5.74, 6) is 1.18. The van der Waals surface area contributed by atoms with Crippen LogP contribution in [0.3, 0.4) is 0 Å². The third-order valence-corrected chi connectivity index (χ3v) is 7.01. The number of nitrogens with zero attached hydrogens (tertiary/aromatic N) is 2. The molecule has 4 rings (SSSR count). The highest BCUT2D eigenvalue weighted by Gasteiger charge is 2.32. The quantitative estimate of drug-likeness (QED) is 0.849. The van der Waals surface area contributed by atoms with Gasteiger partial charge in [0, 0.05) is 29.5 Å². The molecule has 0 spiro atoms. The standard InChI is InChI=1S/C22H27N3O2S/c1-14-7-8-17-18(13-28-19(17)11-14)22(27)25-10-4-6-16(12-25)21(26)24-20-15(2)5-3-9-23-20/h3,5,9,13-14,16H,4,6-8,10-12H2,1-2H3,(H,23,24,26). The lowest BCUT2D eigenvalue weighted by Gasteiger charge is -2.32. The number of hydrogen-bond acceptors (Lipinski definition) is 4. The maximum atomic E-state index is 13.2. The summed E-state index contributed by atoms with van der Waals surface area (Å²) < 4.78 is 0. The fraction of sp³-hybridized carbons (Fsp3) is 0.500. The van der Waals surface area contributed by atoms with E-state index in [0.29, 0.717) is 18.3 Å². The molecule has 1 N–H and O–H groups in total. The van der Waals surface area contributed by atoms with Crippen molar-refractivity contribution in [2.75, 3.05) is 18.4 Å². The Hall–Kier alpha value is -2.21. The van der Waals surface area contributed by atoms with E-state index in [1.165, 1.54) is 10.4 Å². The summed E-state index contributed by atoms with van der Waals surface area (Å²) in [5, 5.41) is 4.98. The fourth-order valence-electron chi connectivity index (χ4n) is 4.24. The van der Waals surface area contributed by atoms with Crippen molar-refractivity contribution in [1.82, 2.24) is 9.88 Å². The molecule has 28 heavy (non-hydrogen) atoms. The molecule has 0 aromatic carbocycles. The van der Waals surface area contributed by atoms with Gasteiger partial charge in [0.15, 0.2) is 0 Å². The minimum absolute atomic E-state index is 0.0412. The molecule has 2 atom stereocenters. The largest absolute Gasteiger partial charge is 0.338 e. The molecule has 1 aliphatic heterocycles. The average Bonchev–Trinajstić information content (AvgIpc) is 3.12. The molecule has 0 saturated carbocycles. The monoisotopic (exact) mass is 397 g/mol. The van der Waals surface area contributed by atoms with Gasteiger partial charge in [-0.05, 0) is 62.1 Å². The Labute approximate surface area is 170 Å². The number of likely N-dealkylation sites (tertiary alicyclic amines) is 1. The molecule has 1 saturated heterocycles. The third kappa shape index (κ3) is 3.83. The molecule has 0 bridgehead atoms. The van der Waals surface area contributed by atoms with Crippen LogP contribution in [0.15, 0.2) is 23.7 Å². The van der Waals surface area contributed by atoms with Crippen LogP contribution in [0, 0.1) is 18.8 Å². The molecule has 6 heteroatoms. The van der Waals surface area contributed by atoms with Gasteiger partial charge < -0.3 is 10.2 Å². The average molecular weight is 398 g/mol. The number of carbonyl (C=O) groups excluding carboxylic acids is 2. The van der Waals surface area contributed by atoms with Crippen LogP contribution in [-0.2, 0) is 17.6 Å². The lowest BCUT2D eigenvalue weighted by Crippen LogP contribution is -2.44. The van der Waals surface area contributed by atoms with Crippen LogP contribution in [0.2, 0.25) is 0 Å². The summed E-state index contributed by atoms with van der Waals surface area (Å²) in [7, 11) is 0. The topological polar surface area (TPSA) is 62.3 Å². The summed E-state index contributed by atoms with van der Waals surface area (Å²) in [5.41, 5.74) is 3.07. The Kier molecular flexibility index (Phi) is 5.49. The zero-order chi connectivity index (χ0) is 19.7. The summed E-state index contributed by atoms with van der Waals surface area (Å²) in [6, 6.07) is 3.79. The summed E-state index contributed by atoms with van der Waals surface area (Å²) in [6.07, 6.45) is 6.58. The number of amides is 2. The van der Waals surface area contributed by atoms with E-state index in [0.717, 1.165) is 49.8 Å². The lowest BCUT2D eigenvalue weighted by molar-refractivity contribution is -0.121. The second kappa shape index (κ2) is 8.03. The smallest absolute Gasteiger partial charge is 0.255 e. The van der Waals surface area contributed by atoms with E-state index in [2.05, 4.69) is 17.2 Å². The van der Waals surface area contributed by atoms with Crippen LogP contribution in [0.5, 0.6) is 0 Å². The number of piperidine rings is 1. The predicted octanol–water partition coefficient (Wildman–Crippen LogP) is 4.07. The van der Waals surface area contributed by atoms with E-state index < -0.39 is 0 Å². The first-order valence-corrected chi connectivity index (χ1v) is 11.0. The number of hydrogen-bond donors (Lipinski definition) is 1. The second-order valence-electron chi connectivity index (χ2n) is 8.15. The molecule has 148 valence electrons. The Balaban J connectivity index is 1.44. The maximum Gasteiger partial charge on any atom is 0.255 e. The van der Waals surface area contributed by atoms with Crippen molar-refractivity contribution in [2.24, 2.45) is 11.8 Å². The first kappa shape index (κ1) is 19.1. The van der Waals surface area contributed by atoms with Gasteiger partial charge >= 0.3 is 0 Å². The van der Waals surface area contributed by atoms with Crippen LogP contribution in [0.1, 0.15) is 52.5 Å². The van der Waals surface area contributed by atoms with Gasteiger partial charge in [0.05, 0.1) is 11.5 Å². The minimum Gasteiger partial charge on any atom is -0.338 e. The molecule has 2 aliphatic rings. The van der Waals surface area contributed by atoms with Crippen molar-refractivity contribution in [3.05, 3.63) is 45.3 Å². The van der Waals surface area contributed by atoms with Crippen molar-refractivity contribution in [1.29, 1.82) is 0 Å². The third-order valence-electron chi connectivity index (χ3n) is 5.96. The second-order valence-corrected chi connectivity index (χ2v) is 9.11. The molecule has 2 aromatic heterocycles. The van der Waals surface area contributed by atoms with E-state index in [1.807, 2.05) is 29.3 Å². The number of aromatic nitrogens is 1. The van der Waals surface area contributed by atoms with E-state index in [9.17, 15) is 9.59 Å². The molecule has 3 heterocycles. The molecular formula is C22H27N3O2S. The SMILES string of the molecule is Cc1cccnc1NC(=O)C1CCCN(C(=O)c2csc3c2CCC(C)C3)C1. The highest BCUT2D eigenvalue weighted by Crippen LogP contribution is 2.34. The number of thiophene rings is 1. The van der Waals surface area contributed by atoms with E-state index in [4.69, 9.17) is 0 Å². The van der Waals surface area contributed by atoms with E-state index in [1.54, 1.807) is 17.5 Å². The summed E-state index contributed by atoms with van der Waals surface area (Å²) in [4.78, 5) is 33.4. The molecule has 2 amide bonds. The van der Waals surface area contributed by atoms with Crippen LogP contribution in [0.4, 0.5) is 5.82 Å². The van der Waals surface area contributed by atoms with Gasteiger partial charge in [0.1, 0.15) is 5.82 Å². The van der Waals surface area contributed by atoms with E-state index >= 15 is 0 Å². The first-order valence-electron chi connectivity index (χ1n) is 10.1. The zero-order valence-electron chi connectivity index (χ0n) is 16.5. The fourth-order valence-corrected chi connectivity index (χ4v) is 5.48. The normalized spacial score (nSPS) is 21.9. The number of rotatable bonds is 3. The molecule has 2 aromatic rings. The molecular weight excluding hydrogens is 370 g/mol. The number of aryl methyl sites for hydroxylation is 1. The number of carbonyl (C=O) groups is 2. The number of pyridine rings is 1. The molecule has 0 radical (unpaired) electrons. The summed E-state index contributed by atoms with van der Waals surface area (Å²) in [6.45, 7) is 5.42. The molecule has 2 unspecified atom stereocenters. The van der Waals surface area contributed by atoms with Crippen LogP contribution >= 0.6 is 11.3 Å². The van der Waals surface area contributed by atoms with Gasteiger partial charge in [-0.15, -0.1) is 11.3 Å². The number of fused-ring (bicyclic) bond motifs is 1. The van der Waals surface area contributed by atoms with Crippen LogP contribution < -0.4 is 5.32 Å². The van der Waals surface area contributed by atoms with Crippen molar-refractivity contribution in [3.63, 3.8) is 0 Å². The molecule has 1 aliphatic carbocycles. The van der Waals surface area contributed by atoms with Gasteiger partial charge in [-0.3, -0.25) is 9.59 Å². The van der Waals surface area contributed by atoms with Gasteiger partial charge in [-0.1, -0.05) is 13.0 Å². The number of anilines is 1. The summed E-state index contributed by atoms with van der Waals surface area (Å²) >= 11 is 1.72. The first-order chi connectivity index (χ1) is 13.5. The van der Waals surface area contributed by atoms with Crippen molar-refractivity contribution in [2.45, 2.75) is 46.0 Å². The van der Waals surface area contributed by atoms with Crippen LogP contribution in [-0.4, -0.2) is 34.8 Å². The van der Waals surface area contributed by atoms with Gasteiger partial charge in [0.25, 0.3) is 5.91 Å². The van der Waals surface area contributed by atoms with Crippen LogP contribution in [0.25, 0.3) is 0 Å².